The zero-order valence-corrected chi connectivity index (χ0v) is 15.3. The highest BCUT2D eigenvalue weighted by Gasteiger charge is 2.19. The topological polar surface area (TPSA) is 110 Å². The summed E-state index contributed by atoms with van der Waals surface area (Å²) < 4.78 is 5.34. The Kier molecular flexibility index (Phi) is 4.09. The number of nitrogen functional groups attached to an aromatic ring is 1. The van der Waals surface area contributed by atoms with E-state index in [0.717, 1.165) is 59.2 Å². The summed E-state index contributed by atoms with van der Waals surface area (Å²) in [6.45, 7) is 0. The zero-order valence-electron chi connectivity index (χ0n) is 15.3. The first-order valence-electron chi connectivity index (χ1n) is 9.52. The molecule has 142 valence electrons. The smallest absolute Gasteiger partial charge is 0.292 e. The van der Waals surface area contributed by atoms with Crippen molar-refractivity contribution in [1.82, 2.24) is 15.0 Å². The summed E-state index contributed by atoms with van der Waals surface area (Å²) in [5.41, 5.74) is 10.8. The number of aliphatic hydroxyl groups excluding tert-OH is 1. The number of hydrogen-bond donors (Lipinski definition) is 3. The van der Waals surface area contributed by atoms with Gasteiger partial charge in [0.25, 0.3) is 6.01 Å². The third-order valence-corrected chi connectivity index (χ3v) is 5.33. The third-order valence-electron chi connectivity index (χ3n) is 5.33. The molecular formula is C21H21N5O2. The first-order chi connectivity index (χ1) is 13.6. The van der Waals surface area contributed by atoms with Crippen molar-refractivity contribution in [2.45, 2.75) is 37.8 Å². The van der Waals surface area contributed by atoms with E-state index in [1.165, 1.54) is 0 Å². The summed E-state index contributed by atoms with van der Waals surface area (Å²) >= 11 is 0. The van der Waals surface area contributed by atoms with Gasteiger partial charge in [0.1, 0.15) is 11.3 Å². The van der Waals surface area contributed by atoms with Gasteiger partial charge < -0.3 is 20.6 Å². The van der Waals surface area contributed by atoms with Crippen molar-refractivity contribution in [2.75, 3.05) is 11.1 Å². The number of rotatable bonds is 3. The average molecular weight is 375 g/mol. The molecule has 1 fully saturated rings. The molecule has 0 radical (unpaired) electrons. The van der Waals surface area contributed by atoms with Crippen LogP contribution in [0.2, 0.25) is 0 Å². The van der Waals surface area contributed by atoms with Crippen LogP contribution in [0.5, 0.6) is 0 Å². The maximum absolute atomic E-state index is 9.67. The minimum absolute atomic E-state index is 0.166. The maximum Gasteiger partial charge on any atom is 0.292 e. The third kappa shape index (κ3) is 3.25. The number of fused-ring (bicyclic) bond motifs is 2. The standard InChI is InChI=1S/C21H21N5O2/c22-21-26-18-10-13(2-8-19(18)28-21)12-1-7-16-17(9-12)25-20(11-23-16)24-14-3-5-15(27)6-4-14/h1-2,7-11,14-15,27H,3-6H2,(H2,22,26)(H,24,25)/t14-,15-. The fourth-order valence-corrected chi connectivity index (χ4v) is 3.81. The summed E-state index contributed by atoms with van der Waals surface area (Å²) in [6, 6.07) is 12.3. The van der Waals surface area contributed by atoms with Gasteiger partial charge >= 0.3 is 0 Å². The van der Waals surface area contributed by atoms with Crippen LogP contribution in [0, 0.1) is 0 Å². The van der Waals surface area contributed by atoms with Crippen LogP contribution in [-0.2, 0) is 0 Å². The van der Waals surface area contributed by atoms with Crippen LogP contribution in [0.25, 0.3) is 33.3 Å². The van der Waals surface area contributed by atoms with Crippen molar-refractivity contribution in [3.05, 3.63) is 42.6 Å². The van der Waals surface area contributed by atoms with E-state index < -0.39 is 0 Å². The number of nitrogens with two attached hydrogens (primary N) is 1. The molecule has 2 heterocycles. The molecule has 0 bridgehead atoms. The first kappa shape index (κ1) is 16.9. The van der Waals surface area contributed by atoms with Crippen LogP contribution < -0.4 is 11.1 Å². The van der Waals surface area contributed by atoms with Gasteiger partial charge in [-0.25, -0.2) is 4.98 Å². The minimum Gasteiger partial charge on any atom is -0.424 e. The molecule has 0 aliphatic heterocycles. The molecule has 28 heavy (non-hydrogen) atoms. The lowest BCUT2D eigenvalue weighted by atomic mass is 9.93. The Labute approximate surface area is 161 Å². The first-order valence-corrected chi connectivity index (χ1v) is 9.52. The molecule has 1 aliphatic carbocycles. The number of hydrogen-bond acceptors (Lipinski definition) is 7. The van der Waals surface area contributed by atoms with Gasteiger partial charge in [-0.15, -0.1) is 0 Å². The molecule has 5 rings (SSSR count). The predicted octanol–water partition coefficient (Wildman–Crippen LogP) is 3.74. The summed E-state index contributed by atoms with van der Waals surface area (Å²) in [4.78, 5) is 13.5. The van der Waals surface area contributed by atoms with E-state index in [0.29, 0.717) is 11.6 Å². The summed E-state index contributed by atoms with van der Waals surface area (Å²) in [5, 5.41) is 13.1. The number of nitrogens with zero attached hydrogens (tertiary/aromatic N) is 3. The van der Waals surface area contributed by atoms with Gasteiger partial charge in [-0.3, -0.25) is 4.98 Å². The molecule has 0 atom stereocenters. The Morgan fingerprint density at radius 2 is 1.68 bits per heavy atom. The van der Waals surface area contributed by atoms with Crippen molar-refractivity contribution in [3.63, 3.8) is 0 Å². The molecule has 0 unspecified atom stereocenters. The quantitative estimate of drug-likeness (QED) is 0.500. The fraction of sp³-hybridized carbons (Fsp3) is 0.286. The lowest BCUT2D eigenvalue weighted by Gasteiger charge is -2.26. The number of aromatic nitrogens is 3. The average Bonchev–Trinajstić information content (AvgIpc) is 3.08. The Balaban J connectivity index is 1.45. The Morgan fingerprint density at radius 1 is 0.929 bits per heavy atom. The lowest BCUT2D eigenvalue weighted by Crippen LogP contribution is -2.28. The van der Waals surface area contributed by atoms with Gasteiger partial charge in [0.15, 0.2) is 5.58 Å². The van der Waals surface area contributed by atoms with Crippen molar-refractivity contribution in [3.8, 4) is 11.1 Å². The second kappa shape index (κ2) is 6.76. The highest BCUT2D eigenvalue weighted by molar-refractivity contribution is 5.86. The molecule has 0 amide bonds. The second-order valence-electron chi connectivity index (χ2n) is 7.34. The highest BCUT2D eigenvalue weighted by Crippen LogP contribution is 2.28. The Bertz CT molecular complexity index is 1150. The van der Waals surface area contributed by atoms with Crippen LogP contribution in [0.4, 0.5) is 11.8 Å². The molecule has 2 aromatic carbocycles. The van der Waals surface area contributed by atoms with E-state index in [2.05, 4.69) is 15.3 Å². The van der Waals surface area contributed by atoms with Gasteiger partial charge in [-0.2, -0.15) is 4.98 Å². The summed E-state index contributed by atoms with van der Waals surface area (Å²) in [7, 11) is 0. The van der Waals surface area contributed by atoms with Crippen LogP contribution in [-0.4, -0.2) is 32.2 Å². The van der Waals surface area contributed by atoms with Crippen molar-refractivity contribution < 1.29 is 9.52 Å². The van der Waals surface area contributed by atoms with Crippen LogP contribution in [0.3, 0.4) is 0 Å². The summed E-state index contributed by atoms with van der Waals surface area (Å²) in [5.74, 6) is 0.769. The van der Waals surface area contributed by atoms with Crippen LogP contribution in [0.15, 0.2) is 47.0 Å². The summed E-state index contributed by atoms with van der Waals surface area (Å²) in [6.07, 6.45) is 5.16. The Hall–Kier alpha value is -3.19. The highest BCUT2D eigenvalue weighted by atomic mass is 16.4. The molecule has 4 N–H and O–H groups in total. The van der Waals surface area contributed by atoms with Crippen molar-refractivity contribution >= 4 is 34.0 Å². The van der Waals surface area contributed by atoms with Gasteiger partial charge in [0, 0.05) is 6.04 Å². The molecule has 2 aromatic heterocycles. The maximum atomic E-state index is 9.67. The molecule has 1 aliphatic rings. The van der Waals surface area contributed by atoms with Gasteiger partial charge in [0.2, 0.25) is 0 Å². The molecule has 7 nitrogen and oxygen atoms in total. The number of oxazole rings is 1. The normalized spacial score (nSPS) is 19.9. The number of aliphatic hydroxyl groups is 1. The van der Waals surface area contributed by atoms with Gasteiger partial charge in [-0.05, 0) is 61.1 Å². The monoisotopic (exact) mass is 375 g/mol. The van der Waals surface area contributed by atoms with Gasteiger partial charge in [0.05, 0.1) is 23.3 Å². The zero-order chi connectivity index (χ0) is 19.1. The van der Waals surface area contributed by atoms with Crippen molar-refractivity contribution in [1.29, 1.82) is 0 Å². The van der Waals surface area contributed by atoms with Crippen LogP contribution in [0.1, 0.15) is 25.7 Å². The van der Waals surface area contributed by atoms with Crippen molar-refractivity contribution in [2.24, 2.45) is 0 Å². The second-order valence-corrected chi connectivity index (χ2v) is 7.34. The lowest BCUT2D eigenvalue weighted by molar-refractivity contribution is 0.126. The van der Waals surface area contributed by atoms with E-state index in [1.54, 1.807) is 6.20 Å². The Morgan fingerprint density at radius 3 is 2.50 bits per heavy atom. The molecule has 0 spiro atoms. The number of benzene rings is 2. The molecule has 4 aromatic rings. The molecule has 1 saturated carbocycles. The minimum atomic E-state index is -0.166. The predicted molar refractivity (Wildman–Crippen MR) is 109 cm³/mol. The van der Waals surface area contributed by atoms with E-state index in [1.807, 2.05) is 36.4 Å². The SMILES string of the molecule is Nc1nc2cc(-c3ccc4ncc(N[C@H]5CC[C@H](O)CC5)nc4c3)ccc2o1. The van der Waals surface area contributed by atoms with E-state index in [4.69, 9.17) is 15.1 Å². The molecule has 7 heteroatoms. The van der Waals surface area contributed by atoms with E-state index >= 15 is 0 Å². The molecular weight excluding hydrogens is 354 g/mol. The van der Waals surface area contributed by atoms with Crippen LogP contribution >= 0.6 is 0 Å². The van der Waals surface area contributed by atoms with E-state index in [-0.39, 0.29) is 12.1 Å². The fourth-order valence-electron chi connectivity index (χ4n) is 3.81. The number of nitrogens with one attached hydrogen (secondary N) is 1. The molecule has 0 saturated heterocycles. The van der Waals surface area contributed by atoms with Gasteiger partial charge in [-0.1, -0.05) is 12.1 Å². The largest absolute Gasteiger partial charge is 0.424 e. The van der Waals surface area contributed by atoms with E-state index in [9.17, 15) is 5.11 Å². The number of anilines is 2.